The Kier molecular flexibility index (Phi) is 3.73. The fourth-order valence-corrected chi connectivity index (χ4v) is 4.95. The standard InChI is InChI=1S/C20H28N4/c1-3-9-22(10-4-1)17-7-8-19-18(14-17)21-20-15-16-6-2-5-11-23(16)12-13-24(19)20/h7-8,14,16H,1-6,9-13,15H2. The molecule has 0 radical (unpaired) electrons. The fraction of sp³-hybridized carbons (Fsp3) is 0.650. The number of piperidine rings is 2. The van der Waals surface area contributed by atoms with E-state index in [-0.39, 0.29) is 0 Å². The summed E-state index contributed by atoms with van der Waals surface area (Å²) in [6.07, 6.45) is 9.29. The van der Waals surface area contributed by atoms with Crippen LogP contribution in [0.5, 0.6) is 0 Å². The molecule has 24 heavy (non-hydrogen) atoms. The second kappa shape index (κ2) is 6.07. The zero-order valence-corrected chi connectivity index (χ0v) is 14.6. The van der Waals surface area contributed by atoms with Gasteiger partial charge in [-0.2, -0.15) is 0 Å². The average Bonchev–Trinajstić information content (AvgIpc) is 2.87. The van der Waals surface area contributed by atoms with Crippen molar-refractivity contribution in [2.75, 3.05) is 31.1 Å². The Balaban J connectivity index is 1.48. The fourth-order valence-electron chi connectivity index (χ4n) is 4.95. The van der Waals surface area contributed by atoms with Crippen molar-refractivity contribution in [1.29, 1.82) is 0 Å². The number of rotatable bonds is 1. The summed E-state index contributed by atoms with van der Waals surface area (Å²) < 4.78 is 2.49. The quantitative estimate of drug-likeness (QED) is 0.803. The molecule has 0 spiro atoms. The van der Waals surface area contributed by atoms with E-state index in [1.165, 1.54) is 87.2 Å². The Labute approximate surface area is 144 Å². The second-order valence-electron chi connectivity index (χ2n) is 7.79. The van der Waals surface area contributed by atoms with Gasteiger partial charge < -0.3 is 9.47 Å². The lowest BCUT2D eigenvalue weighted by Gasteiger charge is -2.33. The first-order chi connectivity index (χ1) is 11.9. The molecule has 2 aromatic rings. The van der Waals surface area contributed by atoms with Gasteiger partial charge in [0.15, 0.2) is 0 Å². The van der Waals surface area contributed by atoms with Gasteiger partial charge >= 0.3 is 0 Å². The number of nitrogens with zero attached hydrogens (tertiary/aromatic N) is 4. The molecule has 3 aliphatic heterocycles. The topological polar surface area (TPSA) is 24.3 Å². The van der Waals surface area contributed by atoms with Crippen molar-refractivity contribution < 1.29 is 0 Å². The van der Waals surface area contributed by atoms with Crippen LogP contribution < -0.4 is 4.90 Å². The first-order valence-corrected chi connectivity index (χ1v) is 9.87. The molecular formula is C20H28N4. The number of hydrogen-bond acceptors (Lipinski definition) is 3. The maximum Gasteiger partial charge on any atom is 0.111 e. The lowest BCUT2D eigenvalue weighted by atomic mass is 10.00. The van der Waals surface area contributed by atoms with Crippen LogP contribution in [0.4, 0.5) is 5.69 Å². The van der Waals surface area contributed by atoms with Crippen molar-refractivity contribution in [2.45, 2.75) is 57.5 Å². The molecule has 0 amide bonds. The van der Waals surface area contributed by atoms with Gasteiger partial charge in [-0.3, -0.25) is 4.90 Å². The van der Waals surface area contributed by atoms with Crippen molar-refractivity contribution >= 4 is 16.7 Å². The van der Waals surface area contributed by atoms with Gasteiger partial charge in [0.1, 0.15) is 5.82 Å². The van der Waals surface area contributed by atoms with Crippen molar-refractivity contribution in [3.05, 3.63) is 24.0 Å². The molecule has 1 aromatic carbocycles. The highest BCUT2D eigenvalue weighted by Gasteiger charge is 2.28. The molecule has 4 nitrogen and oxygen atoms in total. The number of benzene rings is 1. The first kappa shape index (κ1) is 14.8. The lowest BCUT2D eigenvalue weighted by Crippen LogP contribution is -2.40. The average molecular weight is 324 g/mol. The zero-order valence-electron chi connectivity index (χ0n) is 14.6. The van der Waals surface area contributed by atoms with E-state index in [2.05, 4.69) is 32.6 Å². The van der Waals surface area contributed by atoms with Crippen molar-refractivity contribution in [3.63, 3.8) is 0 Å². The van der Waals surface area contributed by atoms with Crippen LogP contribution in [-0.2, 0) is 13.0 Å². The van der Waals surface area contributed by atoms with Gasteiger partial charge in [-0.15, -0.1) is 0 Å². The lowest BCUT2D eigenvalue weighted by molar-refractivity contribution is 0.152. The van der Waals surface area contributed by atoms with Gasteiger partial charge in [-0.1, -0.05) is 6.42 Å². The summed E-state index contributed by atoms with van der Waals surface area (Å²) in [6, 6.07) is 7.69. The van der Waals surface area contributed by atoms with Crippen LogP contribution in [0, 0.1) is 0 Å². The molecule has 1 unspecified atom stereocenters. The molecule has 2 saturated heterocycles. The Morgan fingerprint density at radius 2 is 1.75 bits per heavy atom. The number of anilines is 1. The monoisotopic (exact) mass is 324 g/mol. The summed E-state index contributed by atoms with van der Waals surface area (Å²) in [5.74, 6) is 1.31. The van der Waals surface area contributed by atoms with Crippen LogP contribution in [-0.4, -0.2) is 46.7 Å². The largest absolute Gasteiger partial charge is 0.371 e. The van der Waals surface area contributed by atoms with Crippen LogP contribution in [0.3, 0.4) is 0 Å². The highest BCUT2D eigenvalue weighted by atomic mass is 15.2. The van der Waals surface area contributed by atoms with Crippen molar-refractivity contribution in [2.24, 2.45) is 0 Å². The van der Waals surface area contributed by atoms with Crippen molar-refractivity contribution in [1.82, 2.24) is 14.5 Å². The highest BCUT2D eigenvalue weighted by Crippen LogP contribution is 2.29. The smallest absolute Gasteiger partial charge is 0.111 e. The van der Waals surface area contributed by atoms with Crippen LogP contribution in [0.15, 0.2) is 18.2 Å². The molecule has 4 heteroatoms. The van der Waals surface area contributed by atoms with Crippen LogP contribution in [0.1, 0.15) is 44.3 Å². The molecule has 0 bridgehead atoms. The second-order valence-corrected chi connectivity index (χ2v) is 7.79. The van der Waals surface area contributed by atoms with Crippen LogP contribution in [0.2, 0.25) is 0 Å². The van der Waals surface area contributed by atoms with E-state index in [4.69, 9.17) is 4.98 Å². The van der Waals surface area contributed by atoms with E-state index in [1.807, 2.05) is 0 Å². The van der Waals surface area contributed by atoms with Crippen LogP contribution >= 0.6 is 0 Å². The maximum absolute atomic E-state index is 5.07. The summed E-state index contributed by atoms with van der Waals surface area (Å²) >= 11 is 0. The molecule has 1 aromatic heterocycles. The predicted molar refractivity (Wildman–Crippen MR) is 98.7 cm³/mol. The Bertz CT molecular complexity index is 729. The minimum atomic E-state index is 0.721. The molecule has 4 heterocycles. The number of imidazole rings is 1. The zero-order chi connectivity index (χ0) is 15.9. The van der Waals surface area contributed by atoms with E-state index < -0.39 is 0 Å². The molecule has 1 atom stereocenters. The summed E-state index contributed by atoms with van der Waals surface area (Å²) in [6.45, 7) is 5.99. The number of fused-ring (bicyclic) bond motifs is 4. The van der Waals surface area contributed by atoms with E-state index in [1.54, 1.807) is 0 Å². The number of hydrogen-bond donors (Lipinski definition) is 0. The van der Waals surface area contributed by atoms with Gasteiger partial charge in [-0.05, 0) is 56.8 Å². The van der Waals surface area contributed by atoms with E-state index in [9.17, 15) is 0 Å². The minimum absolute atomic E-state index is 0.721. The molecule has 0 aliphatic carbocycles. The normalized spacial score (nSPS) is 25.3. The SMILES string of the molecule is c1cc2c(cc1N1CCCCC1)nc1n2CCN2CCCCC2C1. The molecule has 2 fully saturated rings. The maximum atomic E-state index is 5.07. The van der Waals surface area contributed by atoms with Gasteiger partial charge in [-0.25, -0.2) is 4.98 Å². The predicted octanol–water partition coefficient (Wildman–Crippen LogP) is 3.44. The molecule has 5 rings (SSSR count). The first-order valence-electron chi connectivity index (χ1n) is 9.87. The summed E-state index contributed by atoms with van der Waals surface area (Å²) in [4.78, 5) is 10.3. The molecule has 0 N–H and O–H groups in total. The summed E-state index contributed by atoms with van der Waals surface area (Å²) in [7, 11) is 0. The molecule has 0 saturated carbocycles. The summed E-state index contributed by atoms with van der Waals surface area (Å²) in [5, 5.41) is 0. The Hall–Kier alpha value is -1.55. The molecule has 128 valence electrons. The van der Waals surface area contributed by atoms with Gasteiger partial charge in [0, 0.05) is 44.3 Å². The highest BCUT2D eigenvalue weighted by molar-refractivity contribution is 5.80. The Morgan fingerprint density at radius 1 is 0.875 bits per heavy atom. The third-order valence-corrected chi connectivity index (χ3v) is 6.31. The summed E-state index contributed by atoms with van der Waals surface area (Å²) in [5.41, 5.74) is 3.91. The van der Waals surface area contributed by atoms with E-state index >= 15 is 0 Å². The van der Waals surface area contributed by atoms with E-state index in [0.717, 1.165) is 19.0 Å². The third-order valence-electron chi connectivity index (χ3n) is 6.31. The third kappa shape index (κ3) is 2.52. The van der Waals surface area contributed by atoms with E-state index in [0.29, 0.717) is 0 Å². The molecular weight excluding hydrogens is 296 g/mol. The Morgan fingerprint density at radius 3 is 2.67 bits per heavy atom. The van der Waals surface area contributed by atoms with Gasteiger partial charge in [0.2, 0.25) is 0 Å². The van der Waals surface area contributed by atoms with Crippen LogP contribution in [0.25, 0.3) is 11.0 Å². The minimum Gasteiger partial charge on any atom is -0.371 e. The number of aromatic nitrogens is 2. The van der Waals surface area contributed by atoms with Gasteiger partial charge in [0.05, 0.1) is 11.0 Å². The molecule has 3 aliphatic rings. The van der Waals surface area contributed by atoms with Crippen molar-refractivity contribution in [3.8, 4) is 0 Å². The van der Waals surface area contributed by atoms with Gasteiger partial charge in [0.25, 0.3) is 0 Å².